The van der Waals surface area contributed by atoms with Crippen LogP contribution in [0.1, 0.15) is 39.2 Å². The van der Waals surface area contributed by atoms with Crippen molar-refractivity contribution >= 4 is 10.9 Å². The first-order valence-corrected chi connectivity index (χ1v) is 9.96. The summed E-state index contributed by atoms with van der Waals surface area (Å²) < 4.78 is 6.06. The molecule has 2 fully saturated rings. The molecule has 0 amide bonds. The second-order valence-electron chi connectivity index (χ2n) is 7.73. The van der Waals surface area contributed by atoms with Crippen LogP contribution in [0, 0.1) is 16.7 Å². The van der Waals surface area contributed by atoms with E-state index in [2.05, 4.69) is 57.4 Å². The summed E-state index contributed by atoms with van der Waals surface area (Å²) in [5, 5.41) is 0.726. The summed E-state index contributed by atoms with van der Waals surface area (Å²) in [6, 6.07) is 11.0. The third-order valence-corrected chi connectivity index (χ3v) is 8.95. The Morgan fingerprint density at radius 2 is 1.86 bits per heavy atom. The maximum absolute atomic E-state index is 6.06. The average molecular weight is 306 g/mol. The number of benzene rings is 1. The smallest absolute Gasteiger partial charge is 0.148 e. The van der Waals surface area contributed by atoms with E-state index in [0.717, 1.165) is 11.2 Å². The van der Waals surface area contributed by atoms with E-state index in [4.69, 9.17) is 4.74 Å². The average Bonchev–Trinajstić information content (AvgIpc) is 2.78. The Balaban J connectivity index is 1.85. The van der Waals surface area contributed by atoms with Crippen molar-refractivity contribution in [3.05, 3.63) is 35.9 Å². The minimum Gasteiger partial charge on any atom is -0.376 e. The van der Waals surface area contributed by atoms with E-state index in [9.17, 15) is 0 Å². The van der Waals surface area contributed by atoms with Gasteiger partial charge in [-0.05, 0) is 29.2 Å². The van der Waals surface area contributed by atoms with Crippen LogP contribution in [0.4, 0.5) is 0 Å². The molecule has 2 heteroatoms. The standard InChI is InChI=1S/C19H29OS/c1-18(2)15-11-12-19(18,3)17(20-4)16(15)21(5)13-14-9-7-6-8-10-14/h6-10,15-17H,11-13H2,1-5H3/q+1. The lowest BCUT2D eigenvalue weighted by atomic mass is 9.70. The molecule has 2 aliphatic rings. The highest BCUT2D eigenvalue weighted by molar-refractivity contribution is 7.96. The van der Waals surface area contributed by atoms with Crippen LogP contribution in [-0.4, -0.2) is 24.7 Å². The van der Waals surface area contributed by atoms with Crippen molar-refractivity contribution in [3.63, 3.8) is 0 Å². The molecule has 0 aromatic heterocycles. The van der Waals surface area contributed by atoms with Crippen molar-refractivity contribution in [1.29, 1.82) is 0 Å². The Morgan fingerprint density at radius 1 is 1.19 bits per heavy atom. The van der Waals surface area contributed by atoms with Gasteiger partial charge in [0.1, 0.15) is 17.1 Å². The molecule has 0 aliphatic heterocycles. The van der Waals surface area contributed by atoms with Crippen LogP contribution in [-0.2, 0) is 21.4 Å². The van der Waals surface area contributed by atoms with Crippen molar-refractivity contribution in [2.45, 2.75) is 50.7 Å². The van der Waals surface area contributed by atoms with Gasteiger partial charge in [0, 0.05) is 24.0 Å². The van der Waals surface area contributed by atoms with Crippen LogP contribution < -0.4 is 0 Å². The molecule has 116 valence electrons. The molecule has 1 aromatic rings. The molecule has 0 heterocycles. The van der Waals surface area contributed by atoms with Gasteiger partial charge in [0.2, 0.25) is 0 Å². The van der Waals surface area contributed by atoms with Gasteiger partial charge < -0.3 is 4.74 Å². The Bertz CT molecular complexity index is 498. The molecule has 5 unspecified atom stereocenters. The predicted octanol–water partition coefficient (Wildman–Crippen LogP) is 4.27. The molecular formula is C19H29OS+. The molecule has 1 aromatic carbocycles. The number of rotatable bonds is 4. The van der Waals surface area contributed by atoms with Gasteiger partial charge in [-0.1, -0.05) is 51.1 Å². The minimum atomic E-state index is 0.356. The van der Waals surface area contributed by atoms with Gasteiger partial charge in [0.15, 0.2) is 0 Å². The molecule has 0 radical (unpaired) electrons. The van der Waals surface area contributed by atoms with Crippen molar-refractivity contribution in [2.24, 2.45) is 16.7 Å². The van der Waals surface area contributed by atoms with Crippen LogP contribution in [0.15, 0.2) is 30.3 Å². The summed E-state index contributed by atoms with van der Waals surface area (Å²) >= 11 is 0. The SMILES string of the molecule is COC1C([S+](C)Cc2ccccc2)C2CCC1(C)C2(C)C. The van der Waals surface area contributed by atoms with E-state index < -0.39 is 0 Å². The second kappa shape index (κ2) is 5.31. The van der Waals surface area contributed by atoms with Gasteiger partial charge in [-0.3, -0.25) is 0 Å². The number of fused-ring (bicyclic) bond motifs is 2. The zero-order valence-electron chi connectivity index (χ0n) is 14.1. The third kappa shape index (κ3) is 2.17. The number of hydrogen-bond acceptors (Lipinski definition) is 1. The summed E-state index contributed by atoms with van der Waals surface area (Å²) in [7, 11) is 2.31. The van der Waals surface area contributed by atoms with E-state index >= 15 is 0 Å². The minimum absolute atomic E-state index is 0.356. The number of ether oxygens (including phenoxy) is 1. The fourth-order valence-electron chi connectivity index (χ4n) is 5.04. The van der Waals surface area contributed by atoms with E-state index in [1.54, 1.807) is 0 Å². The lowest BCUT2D eigenvalue weighted by Crippen LogP contribution is -2.44. The maximum Gasteiger partial charge on any atom is 0.148 e. The normalized spacial score (nSPS) is 38.6. The highest BCUT2D eigenvalue weighted by Gasteiger charge is 2.70. The fourth-order valence-corrected chi connectivity index (χ4v) is 7.82. The number of methoxy groups -OCH3 is 1. The Hall–Kier alpha value is -0.470. The van der Waals surface area contributed by atoms with Crippen LogP contribution >= 0.6 is 0 Å². The van der Waals surface area contributed by atoms with Gasteiger partial charge in [-0.25, -0.2) is 0 Å². The first-order valence-electron chi connectivity index (χ1n) is 8.10. The van der Waals surface area contributed by atoms with Crippen LogP contribution in [0.5, 0.6) is 0 Å². The summed E-state index contributed by atoms with van der Waals surface area (Å²) in [5.41, 5.74) is 2.25. The largest absolute Gasteiger partial charge is 0.376 e. The highest BCUT2D eigenvalue weighted by atomic mass is 32.2. The van der Waals surface area contributed by atoms with Crippen LogP contribution in [0.2, 0.25) is 0 Å². The van der Waals surface area contributed by atoms with Gasteiger partial charge in [-0.15, -0.1) is 0 Å². The van der Waals surface area contributed by atoms with Crippen LogP contribution in [0.25, 0.3) is 0 Å². The van der Waals surface area contributed by atoms with Crippen LogP contribution in [0.3, 0.4) is 0 Å². The summed E-state index contributed by atoms with van der Waals surface area (Å²) in [6.07, 6.45) is 5.62. The molecule has 0 spiro atoms. The van der Waals surface area contributed by atoms with Gasteiger partial charge in [-0.2, -0.15) is 0 Å². The van der Waals surface area contributed by atoms with Crippen molar-refractivity contribution in [3.8, 4) is 0 Å². The van der Waals surface area contributed by atoms with E-state index in [1.165, 1.54) is 24.2 Å². The lowest BCUT2D eigenvalue weighted by molar-refractivity contribution is -0.0180. The molecule has 1 nitrogen and oxygen atoms in total. The quantitative estimate of drug-likeness (QED) is 0.755. The maximum atomic E-state index is 6.06. The molecule has 3 rings (SSSR count). The summed E-state index contributed by atoms with van der Waals surface area (Å²) in [4.78, 5) is 0. The van der Waals surface area contributed by atoms with Gasteiger partial charge in [0.05, 0.1) is 6.26 Å². The molecule has 2 saturated carbocycles. The summed E-state index contributed by atoms with van der Waals surface area (Å²) in [5.74, 6) is 2.03. The molecule has 2 aliphatic carbocycles. The zero-order valence-corrected chi connectivity index (χ0v) is 14.9. The molecule has 2 bridgehead atoms. The Kier molecular flexibility index (Phi) is 3.90. The molecule has 0 saturated heterocycles. The molecule has 5 atom stereocenters. The van der Waals surface area contributed by atoms with Crippen molar-refractivity contribution < 1.29 is 4.74 Å². The monoisotopic (exact) mass is 305 g/mol. The highest BCUT2D eigenvalue weighted by Crippen LogP contribution is 2.67. The Morgan fingerprint density at radius 3 is 2.48 bits per heavy atom. The van der Waals surface area contributed by atoms with E-state index in [1.807, 2.05) is 7.11 Å². The summed E-state index contributed by atoms with van der Waals surface area (Å²) in [6.45, 7) is 7.44. The topological polar surface area (TPSA) is 9.23 Å². The van der Waals surface area contributed by atoms with Crippen molar-refractivity contribution in [2.75, 3.05) is 13.4 Å². The molecular weight excluding hydrogens is 276 g/mol. The van der Waals surface area contributed by atoms with E-state index in [0.29, 0.717) is 27.8 Å². The molecule has 0 N–H and O–H groups in total. The zero-order chi connectivity index (χ0) is 15.3. The van der Waals surface area contributed by atoms with Gasteiger partial charge in [0.25, 0.3) is 0 Å². The second-order valence-corrected chi connectivity index (χ2v) is 9.94. The molecule has 21 heavy (non-hydrogen) atoms. The lowest BCUT2D eigenvalue weighted by Gasteiger charge is -2.38. The van der Waals surface area contributed by atoms with Gasteiger partial charge >= 0.3 is 0 Å². The predicted molar refractivity (Wildman–Crippen MR) is 92.6 cm³/mol. The first-order chi connectivity index (χ1) is 9.91. The third-order valence-electron chi connectivity index (χ3n) is 6.65. The van der Waals surface area contributed by atoms with E-state index in [-0.39, 0.29) is 0 Å². The number of hydrogen-bond donors (Lipinski definition) is 0. The van der Waals surface area contributed by atoms with Crippen molar-refractivity contribution in [1.82, 2.24) is 0 Å². The Labute approximate surface area is 132 Å². The fraction of sp³-hybridized carbons (Fsp3) is 0.684. The first kappa shape index (κ1) is 15.4.